The van der Waals surface area contributed by atoms with Crippen molar-refractivity contribution in [3.63, 3.8) is 0 Å². The smallest absolute Gasteiger partial charge is 0.304 e. The van der Waals surface area contributed by atoms with Crippen LogP contribution in [0.4, 0.5) is 0 Å². The van der Waals surface area contributed by atoms with E-state index in [2.05, 4.69) is 13.8 Å². The van der Waals surface area contributed by atoms with Crippen molar-refractivity contribution in [2.45, 2.75) is 39.5 Å². The van der Waals surface area contributed by atoms with Gasteiger partial charge in [-0.3, -0.25) is 4.79 Å². The van der Waals surface area contributed by atoms with Crippen LogP contribution in [-0.2, 0) is 4.79 Å². The minimum atomic E-state index is -0.879. The minimum absolute atomic E-state index is 0.0233. The highest BCUT2D eigenvalue weighted by molar-refractivity contribution is 5.67. The van der Waals surface area contributed by atoms with Crippen LogP contribution in [0.5, 0.6) is 0 Å². The zero-order valence-electron chi connectivity index (χ0n) is 8.29. The number of aliphatic carboxylic acids is 1. The zero-order valence-corrected chi connectivity index (χ0v) is 8.29. The fraction of sp³-hybridized carbons (Fsp3) is 0.800. The van der Waals surface area contributed by atoms with E-state index in [4.69, 9.17) is 10.4 Å². The molecule has 1 N–H and O–H groups in total. The third-order valence-corrected chi connectivity index (χ3v) is 2.07. The molecule has 0 spiro atoms. The van der Waals surface area contributed by atoms with E-state index in [1.807, 2.05) is 6.07 Å². The molecule has 0 heterocycles. The Hall–Kier alpha value is -1.04. The fourth-order valence-electron chi connectivity index (χ4n) is 1.49. The predicted molar refractivity (Wildman–Crippen MR) is 50.0 cm³/mol. The molecule has 0 saturated carbocycles. The van der Waals surface area contributed by atoms with Crippen molar-refractivity contribution in [3.8, 4) is 6.07 Å². The van der Waals surface area contributed by atoms with Crippen molar-refractivity contribution < 1.29 is 9.90 Å². The van der Waals surface area contributed by atoms with Crippen LogP contribution in [0, 0.1) is 23.2 Å². The van der Waals surface area contributed by atoms with Gasteiger partial charge in [-0.05, 0) is 12.3 Å². The van der Waals surface area contributed by atoms with Crippen LogP contribution < -0.4 is 0 Å². The first-order valence-electron chi connectivity index (χ1n) is 4.71. The molecule has 0 amide bonds. The van der Waals surface area contributed by atoms with Gasteiger partial charge in [0.2, 0.25) is 0 Å². The lowest BCUT2D eigenvalue weighted by molar-refractivity contribution is -0.137. The van der Waals surface area contributed by atoms with Crippen LogP contribution in [0.1, 0.15) is 39.5 Å². The molecule has 0 unspecified atom stereocenters. The van der Waals surface area contributed by atoms with E-state index in [0.29, 0.717) is 12.3 Å². The van der Waals surface area contributed by atoms with E-state index in [1.165, 1.54) is 0 Å². The van der Waals surface area contributed by atoms with Gasteiger partial charge in [0, 0.05) is 0 Å². The first-order chi connectivity index (χ1) is 6.10. The van der Waals surface area contributed by atoms with E-state index in [0.717, 1.165) is 12.8 Å². The maximum atomic E-state index is 10.4. The van der Waals surface area contributed by atoms with Crippen molar-refractivity contribution in [1.82, 2.24) is 0 Å². The summed E-state index contributed by atoms with van der Waals surface area (Å²) >= 11 is 0. The number of rotatable bonds is 6. The van der Waals surface area contributed by atoms with Gasteiger partial charge >= 0.3 is 5.97 Å². The zero-order chi connectivity index (χ0) is 10.3. The monoisotopic (exact) mass is 183 g/mol. The summed E-state index contributed by atoms with van der Waals surface area (Å²) in [7, 11) is 0. The number of carbonyl (C=O) groups is 1. The quantitative estimate of drug-likeness (QED) is 0.687. The Kier molecular flexibility index (Phi) is 5.96. The molecule has 0 aromatic rings. The summed E-state index contributed by atoms with van der Waals surface area (Å²) in [6.07, 6.45) is 2.84. The Balaban J connectivity index is 3.84. The first-order valence-corrected chi connectivity index (χ1v) is 4.71. The molecule has 0 rings (SSSR count). The van der Waals surface area contributed by atoms with Crippen molar-refractivity contribution in [1.29, 1.82) is 5.26 Å². The molecule has 2 atom stereocenters. The topological polar surface area (TPSA) is 61.1 Å². The summed E-state index contributed by atoms with van der Waals surface area (Å²) in [5.74, 6) is -0.747. The molecule has 74 valence electrons. The molecule has 0 aliphatic heterocycles. The van der Waals surface area contributed by atoms with E-state index in [-0.39, 0.29) is 12.3 Å². The first kappa shape index (κ1) is 12.0. The molecule has 0 saturated heterocycles. The Morgan fingerprint density at radius 1 is 1.62 bits per heavy atom. The third kappa shape index (κ3) is 6.15. The van der Waals surface area contributed by atoms with E-state index in [9.17, 15) is 4.79 Å². The number of hydrogen-bond acceptors (Lipinski definition) is 2. The molecule has 0 aliphatic rings. The minimum Gasteiger partial charge on any atom is -0.481 e. The molecule has 0 aliphatic carbocycles. The number of carboxylic acid groups (broad SMARTS) is 1. The van der Waals surface area contributed by atoms with Crippen LogP contribution >= 0.6 is 0 Å². The fourth-order valence-corrected chi connectivity index (χ4v) is 1.49. The Bertz CT molecular complexity index is 196. The summed E-state index contributed by atoms with van der Waals surface area (Å²) < 4.78 is 0. The second kappa shape index (κ2) is 6.47. The largest absolute Gasteiger partial charge is 0.481 e. The SMILES string of the molecule is CCC[C@@H](C)C[C@@H](C#N)CC(=O)O. The standard InChI is InChI=1S/C10H17NO2/c1-3-4-8(2)5-9(7-11)6-10(12)13/h8-9H,3-6H2,1-2H3,(H,12,13)/t8-,9-/m1/s1. The van der Waals surface area contributed by atoms with Crippen molar-refractivity contribution in [3.05, 3.63) is 0 Å². The van der Waals surface area contributed by atoms with Gasteiger partial charge < -0.3 is 5.11 Å². The lowest BCUT2D eigenvalue weighted by Crippen LogP contribution is -2.09. The highest BCUT2D eigenvalue weighted by Gasteiger charge is 2.15. The summed E-state index contributed by atoms with van der Waals surface area (Å²) in [6.45, 7) is 4.16. The number of hydrogen-bond donors (Lipinski definition) is 1. The molecule has 3 nitrogen and oxygen atoms in total. The Labute approximate surface area is 79.4 Å². The van der Waals surface area contributed by atoms with Gasteiger partial charge in [-0.25, -0.2) is 0 Å². The van der Waals surface area contributed by atoms with Gasteiger partial charge in [0.05, 0.1) is 18.4 Å². The molecule has 3 heteroatoms. The molecule has 0 radical (unpaired) electrons. The van der Waals surface area contributed by atoms with E-state index in [1.54, 1.807) is 0 Å². The van der Waals surface area contributed by atoms with Gasteiger partial charge in [0.15, 0.2) is 0 Å². The molecule has 0 fully saturated rings. The normalized spacial score (nSPS) is 14.5. The Morgan fingerprint density at radius 3 is 2.62 bits per heavy atom. The molecular weight excluding hydrogens is 166 g/mol. The van der Waals surface area contributed by atoms with Crippen LogP contribution in [0.15, 0.2) is 0 Å². The summed E-state index contributed by atoms with van der Waals surface area (Å²) in [5.41, 5.74) is 0. The molecular formula is C10H17NO2. The summed E-state index contributed by atoms with van der Waals surface area (Å²) in [5, 5.41) is 17.2. The number of nitriles is 1. The van der Waals surface area contributed by atoms with Crippen molar-refractivity contribution >= 4 is 5.97 Å². The van der Waals surface area contributed by atoms with Crippen LogP contribution in [-0.4, -0.2) is 11.1 Å². The summed E-state index contributed by atoms with van der Waals surface area (Å²) in [4.78, 5) is 10.4. The number of carboxylic acids is 1. The van der Waals surface area contributed by atoms with Crippen LogP contribution in [0.2, 0.25) is 0 Å². The van der Waals surface area contributed by atoms with Crippen molar-refractivity contribution in [2.75, 3.05) is 0 Å². The predicted octanol–water partition coefficient (Wildman–Crippen LogP) is 2.43. The second-order valence-electron chi connectivity index (χ2n) is 3.55. The van der Waals surface area contributed by atoms with Gasteiger partial charge in [0.1, 0.15) is 0 Å². The van der Waals surface area contributed by atoms with Crippen LogP contribution in [0.3, 0.4) is 0 Å². The second-order valence-corrected chi connectivity index (χ2v) is 3.55. The van der Waals surface area contributed by atoms with Gasteiger partial charge in [-0.15, -0.1) is 0 Å². The lowest BCUT2D eigenvalue weighted by Gasteiger charge is -2.12. The molecule has 13 heavy (non-hydrogen) atoms. The molecule has 0 aromatic heterocycles. The van der Waals surface area contributed by atoms with Gasteiger partial charge in [0.25, 0.3) is 0 Å². The van der Waals surface area contributed by atoms with Crippen LogP contribution in [0.25, 0.3) is 0 Å². The van der Waals surface area contributed by atoms with Gasteiger partial charge in [-0.2, -0.15) is 5.26 Å². The highest BCUT2D eigenvalue weighted by atomic mass is 16.4. The maximum Gasteiger partial charge on any atom is 0.304 e. The number of nitrogens with zero attached hydrogens (tertiary/aromatic N) is 1. The summed E-state index contributed by atoms with van der Waals surface area (Å²) in [6, 6.07) is 2.04. The average molecular weight is 183 g/mol. The third-order valence-electron chi connectivity index (χ3n) is 2.07. The highest BCUT2D eigenvalue weighted by Crippen LogP contribution is 2.18. The lowest BCUT2D eigenvalue weighted by atomic mass is 9.91. The maximum absolute atomic E-state index is 10.4. The molecule has 0 bridgehead atoms. The van der Waals surface area contributed by atoms with E-state index >= 15 is 0 Å². The average Bonchev–Trinajstić information content (AvgIpc) is 2.02. The van der Waals surface area contributed by atoms with Gasteiger partial charge in [-0.1, -0.05) is 26.7 Å². The van der Waals surface area contributed by atoms with Crippen molar-refractivity contribution in [2.24, 2.45) is 11.8 Å². The van der Waals surface area contributed by atoms with E-state index < -0.39 is 5.97 Å². The molecule has 0 aromatic carbocycles. The Morgan fingerprint density at radius 2 is 2.23 bits per heavy atom.